The van der Waals surface area contributed by atoms with Gasteiger partial charge in [-0.3, -0.25) is 5.43 Å². The van der Waals surface area contributed by atoms with Crippen LogP contribution in [0.4, 0.5) is 17.8 Å². The number of nitrogens with zero attached hydrogens (tertiary/aromatic N) is 6. The predicted molar refractivity (Wildman–Crippen MR) is 72.6 cm³/mol. The molecule has 102 valence electrons. The molecule has 0 spiro atoms. The number of hydrogen-bond acceptors (Lipinski definition) is 8. The molecular weight excluding hydrogens is 244 g/mol. The van der Waals surface area contributed by atoms with Gasteiger partial charge in [0.25, 0.3) is 0 Å². The van der Waals surface area contributed by atoms with Gasteiger partial charge in [-0.1, -0.05) is 0 Å². The molecule has 0 saturated carbocycles. The summed E-state index contributed by atoms with van der Waals surface area (Å²) in [6.07, 6.45) is 2.72. The Labute approximate surface area is 112 Å². The maximum atomic E-state index is 8.62. The van der Waals surface area contributed by atoms with Crippen LogP contribution in [0.15, 0.2) is 0 Å². The molecule has 0 aromatic carbocycles. The minimum atomic E-state index is 0.343. The summed E-state index contributed by atoms with van der Waals surface area (Å²) in [6.45, 7) is 2.48. The lowest BCUT2D eigenvalue weighted by atomic mass is 10.4. The zero-order valence-corrected chi connectivity index (χ0v) is 11.0. The molecule has 1 fully saturated rings. The molecule has 0 aliphatic carbocycles. The lowest BCUT2D eigenvalue weighted by Crippen LogP contribution is -2.26. The number of nitrogens with two attached hydrogens (primary N) is 1. The van der Waals surface area contributed by atoms with Crippen LogP contribution in [0.3, 0.4) is 0 Å². The molecular formula is C11H18N8. The SMILES string of the molecule is CN(CCC#N)c1nc(NN)nc(N2CCCC2)n1. The standard InChI is InChI=1S/C11H18N8/c1-18(6-4-5-12)10-14-9(17-13)15-11(16-10)19-7-2-3-8-19/h2-4,6-8,13H2,1H3,(H,14,15,16,17). The first-order valence-corrected chi connectivity index (χ1v) is 6.30. The van der Waals surface area contributed by atoms with E-state index < -0.39 is 0 Å². The number of nitriles is 1. The van der Waals surface area contributed by atoms with Crippen molar-refractivity contribution in [3.05, 3.63) is 0 Å². The molecule has 1 saturated heterocycles. The van der Waals surface area contributed by atoms with E-state index in [0.29, 0.717) is 30.8 Å². The second kappa shape index (κ2) is 6.15. The van der Waals surface area contributed by atoms with Crippen molar-refractivity contribution in [2.75, 3.05) is 41.9 Å². The third-order valence-electron chi connectivity index (χ3n) is 3.03. The van der Waals surface area contributed by atoms with E-state index in [1.165, 1.54) is 0 Å². The summed E-state index contributed by atoms with van der Waals surface area (Å²) in [4.78, 5) is 16.9. The van der Waals surface area contributed by atoms with E-state index in [9.17, 15) is 0 Å². The van der Waals surface area contributed by atoms with Crippen LogP contribution in [0.2, 0.25) is 0 Å². The van der Waals surface area contributed by atoms with E-state index in [-0.39, 0.29) is 0 Å². The second-order valence-corrected chi connectivity index (χ2v) is 4.43. The van der Waals surface area contributed by atoms with Crippen LogP contribution >= 0.6 is 0 Å². The summed E-state index contributed by atoms with van der Waals surface area (Å²) in [7, 11) is 1.85. The van der Waals surface area contributed by atoms with Gasteiger partial charge in [-0.25, -0.2) is 5.84 Å². The first kappa shape index (κ1) is 13.3. The maximum absolute atomic E-state index is 8.62. The molecule has 1 aliphatic rings. The molecule has 0 atom stereocenters. The van der Waals surface area contributed by atoms with Gasteiger partial charge in [0.1, 0.15) is 0 Å². The number of anilines is 3. The van der Waals surface area contributed by atoms with Crippen LogP contribution in [0.5, 0.6) is 0 Å². The third kappa shape index (κ3) is 3.20. The summed E-state index contributed by atoms with van der Waals surface area (Å²) in [5.74, 6) is 6.90. The van der Waals surface area contributed by atoms with Gasteiger partial charge in [0.05, 0.1) is 12.5 Å². The van der Waals surface area contributed by atoms with Crippen molar-refractivity contribution in [1.82, 2.24) is 15.0 Å². The Kier molecular flexibility index (Phi) is 4.30. The molecule has 0 amide bonds. The molecule has 0 bridgehead atoms. The fraction of sp³-hybridized carbons (Fsp3) is 0.636. The molecule has 1 aliphatic heterocycles. The predicted octanol–water partition coefficient (Wildman–Crippen LogP) is 0.107. The molecule has 2 rings (SSSR count). The van der Waals surface area contributed by atoms with Crippen molar-refractivity contribution in [3.8, 4) is 6.07 Å². The van der Waals surface area contributed by atoms with Crippen molar-refractivity contribution >= 4 is 17.8 Å². The lowest BCUT2D eigenvalue weighted by molar-refractivity contribution is 0.822. The molecule has 8 heteroatoms. The minimum absolute atomic E-state index is 0.343. The largest absolute Gasteiger partial charge is 0.343 e. The van der Waals surface area contributed by atoms with Crippen molar-refractivity contribution in [2.45, 2.75) is 19.3 Å². The Morgan fingerprint density at radius 2 is 2.11 bits per heavy atom. The first-order chi connectivity index (χ1) is 9.24. The third-order valence-corrected chi connectivity index (χ3v) is 3.03. The zero-order chi connectivity index (χ0) is 13.7. The van der Waals surface area contributed by atoms with Crippen LogP contribution in [0, 0.1) is 11.3 Å². The van der Waals surface area contributed by atoms with E-state index in [4.69, 9.17) is 11.1 Å². The van der Waals surface area contributed by atoms with Gasteiger partial charge < -0.3 is 9.80 Å². The van der Waals surface area contributed by atoms with E-state index >= 15 is 0 Å². The Bertz CT molecular complexity index is 462. The van der Waals surface area contributed by atoms with Gasteiger partial charge in [-0.15, -0.1) is 0 Å². The van der Waals surface area contributed by atoms with Gasteiger partial charge >= 0.3 is 0 Å². The summed E-state index contributed by atoms with van der Waals surface area (Å²) >= 11 is 0. The molecule has 1 aromatic heterocycles. The van der Waals surface area contributed by atoms with Crippen LogP contribution in [0.25, 0.3) is 0 Å². The highest BCUT2D eigenvalue weighted by atomic mass is 15.4. The Morgan fingerprint density at radius 1 is 1.37 bits per heavy atom. The monoisotopic (exact) mass is 262 g/mol. The van der Waals surface area contributed by atoms with Crippen molar-refractivity contribution in [1.29, 1.82) is 5.26 Å². The highest BCUT2D eigenvalue weighted by molar-refractivity contribution is 5.44. The highest BCUT2D eigenvalue weighted by Gasteiger charge is 2.18. The fourth-order valence-corrected chi connectivity index (χ4v) is 1.97. The quantitative estimate of drug-likeness (QED) is 0.568. The van der Waals surface area contributed by atoms with E-state index in [2.05, 4.69) is 31.3 Å². The number of hydrogen-bond donors (Lipinski definition) is 2. The van der Waals surface area contributed by atoms with E-state index in [0.717, 1.165) is 25.9 Å². The maximum Gasteiger partial charge on any atom is 0.243 e. The average Bonchev–Trinajstić information content (AvgIpc) is 2.98. The van der Waals surface area contributed by atoms with E-state index in [1.54, 1.807) is 0 Å². The molecule has 1 aromatic rings. The van der Waals surface area contributed by atoms with Crippen molar-refractivity contribution in [2.24, 2.45) is 5.84 Å². The van der Waals surface area contributed by atoms with Gasteiger partial charge in [0.15, 0.2) is 0 Å². The number of nitrogen functional groups attached to an aromatic ring is 1. The minimum Gasteiger partial charge on any atom is -0.343 e. The summed E-state index contributed by atoms with van der Waals surface area (Å²) in [6, 6.07) is 2.10. The van der Waals surface area contributed by atoms with Crippen LogP contribution in [-0.2, 0) is 0 Å². The topological polar surface area (TPSA) is 107 Å². The average molecular weight is 262 g/mol. The smallest absolute Gasteiger partial charge is 0.243 e. The highest BCUT2D eigenvalue weighted by Crippen LogP contribution is 2.19. The number of hydrazine groups is 1. The Morgan fingerprint density at radius 3 is 2.74 bits per heavy atom. The molecule has 8 nitrogen and oxygen atoms in total. The number of aromatic nitrogens is 3. The normalized spacial score (nSPS) is 14.3. The Balaban J connectivity index is 2.22. The van der Waals surface area contributed by atoms with Gasteiger partial charge in [0, 0.05) is 26.7 Å². The summed E-state index contributed by atoms with van der Waals surface area (Å²) in [5.41, 5.74) is 2.46. The second-order valence-electron chi connectivity index (χ2n) is 4.43. The van der Waals surface area contributed by atoms with Crippen LogP contribution < -0.4 is 21.1 Å². The molecule has 0 unspecified atom stereocenters. The fourth-order valence-electron chi connectivity index (χ4n) is 1.97. The van der Waals surface area contributed by atoms with Crippen LogP contribution in [0.1, 0.15) is 19.3 Å². The first-order valence-electron chi connectivity index (χ1n) is 6.30. The molecule has 2 heterocycles. The summed E-state index contributed by atoms with van der Waals surface area (Å²) < 4.78 is 0. The van der Waals surface area contributed by atoms with Crippen molar-refractivity contribution in [3.63, 3.8) is 0 Å². The lowest BCUT2D eigenvalue weighted by Gasteiger charge is -2.20. The van der Waals surface area contributed by atoms with Crippen LogP contribution in [-0.4, -0.2) is 41.6 Å². The van der Waals surface area contributed by atoms with Gasteiger partial charge in [-0.2, -0.15) is 20.2 Å². The molecule has 0 radical (unpaired) electrons. The Hall–Kier alpha value is -2.14. The summed E-state index contributed by atoms with van der Waals surface area (Å²) in [5, 5.41) is 8.62. The zero-order valence-electron chi connectivity index (χ0n) is 11.0. The van der Waals surface area contributed by atoms with Gasteiger partial charge in [0.2, 0.25) is 17.8 Å². The van der Waals surface area contributed by atoms with E-state index in [1.807, 2.05) is 11.9 Å². The molecule has 19 heavy (non-hydrogen) atoms. The van der Waals surface area contributed by atoms with Crippen molar-refractivity contribution < 1.29 is 0 Å². The number of nitrogens with one attached hydrogen (secondary N) is 1. The molecule has 3 N–H and O–H groups in total. The van der Waals surface area contributed by atoms with Gasteiger partial charge in [-0.05, 0) is 12.8 Å². The number of rotatable bonds is 5.